The number of phenolic OH excluding ortho intramolecular Hbond substituents is 1. The van der Waals surface area contributed by atoms with Crippen LogP contribution < -0.4 is 5.32 Å². The van der Waals surface area contributed by atoms with Gasteiger partial charge < -0.3 is 24.7 Å². The van der Waals surface area contributed by atoms with Gasteiger partial charge in [-0.1, -0.05) is 26.0 Å². The van der Waals surface area contributed by atoms with E-state index in [0.29, 0.717) is 12.8 Å². The number of aromatic hydroxyl groups is 1. The van der Waals surface area contributed by atoms with Gasteiger partial charge in [0, 0.05) is 25.7 Å². The van der Waals surface area contributed by atoms with Crippen molar-refractivity contribution < 1.29 is 24.2 Å². The largest absolute Gasteiger partial charge is 0.508 e. The van der Waals surface area contributed by atoms with Crippen molar-refractivity contribution in [2.75, 3.05) is 14.2 Å². The molecule has 2 N–H and O–H groups in total. The number of rotatable bonds is 6. The molecule has 0 heterocycles. The van der Waals surface area contributed by atoms with Crippen LogP contribution in [0.2, 0.25) is 0 Å². The summed E-state index contributed by atoms with van der Waals surface area (Å²) in [6.45, 7) is 9.08. The van der Waals surface area contributed by atoms with Gasteiger partial charge in [-0.15, -0.1) is 0 Å². The van der Waals surface area contributed by atoms with Crippen LogP contribution in [0.15, 0.2) is 24.3 Å². The number of carbonyl (C=O) groups is 2. The maximum Gasteiger partial charge on any atom is 0.407 e. The normalized spacial score (nSPS) is 12.4. The van der Waals surface area contributed by atoms with Gasteiger partial charge in [-0.2, -0.15) is 0 Å². The number of amides is 1. The fraction of sp³-hybridized carbons (Fsp3) is 0.600. The van der Waals surface area contributed by atoms with Gasteiger partial charge in [0.2, 0.25) is 0 Å². The number of methoxy groups -OCH3 is 1. The molecule has 0 aliphatic carbocycles. The third-order valence-corrected chi connectivity index (χ3v) is 3.23. The Morgan fingerprint density at radius 3 is 2.08 bits per heavy atom. The number of aldehydes is 1. The first-order valence-corrected chi connectivity index (χ1v) is 8.56. The Bertz CT molecular complexity index is 546. The van der Waals surface area contributed by atoms with Crippen molar-refractivity contribution in [3.63, 3.8) is 0 Å². The number of benzene rings is 1. The van der Waals surface area contributed by atoms with Crippen molar-refractivity contribution in [2.45, 2.75) is 59.1 Å². The summed E-state index contributed by atoms with van der Waals surface area (Å²) in [6.07, 6.45) is 1.45. The van der Waals surface area contributed by atoms with Crippen molar-refractivity contribution in [3.8, 4) is 5.75 Å². The predicted octanol–water partition coefficient (Wildman–Crippen LogP) is 3.71. The molecule has 6 nitrogen and oxygen atoms in total. The highest BCUT2D eigenvalue weighted by Crippen LogP contribution is 2.22. The third kappa shape index (κ3) is 11.5. The zero-order valence-electron chi connectivity index (χ0n) is 17.0. The van der Waals surface area contributed by atoms with Gasteiger partial charge in [-0.05, 0) is 51.3 Å². The van der Waals surface area contributed by atoms with Crippen LogP contribution in [0.1, 0.15) is 46.6 Å². The molecule has 1 rings (SSSR count). The van der Waals surface area contributed by atoms with Crippen LogP contribution in [0.3, 0.4) is 0 Å². The monoisotopic (exact) mass is 367 g/mol. The Hall–Kier alpha value is -2.08. The molecule has 0 aliphatic heterocycles. The molecule has 0 saturated carbocycles. The summed E-state index contributed by atoms with van der Waals surface area (Å²) in [7, 11) is 3.25. The van der Waals surface area contributed by atoms with Gasteiger partial charge in [0.1, 0.15) is 17.6 Å². The van der Waals surface area contributed by atoms with E-state index in [1.165, 1.54) is 0 Å². The topological polar surface area (TPSA) is 84.9 Å². The molecule has 0 aliphatic rings. The van der Waals surface area contributed by atoms with E-state index in [0.717, 1.165) is 11.8 Å². The van der Waals surface area contributed by atoms with Gasteiger partial charge in [-0.3, -0.25) is 0 Å². The molecule has 1 amide bonds. The van der Waals surface area contributed by atoms with E-state index in [1.807, 2.05) is 13.8 Å². The summed E-state index contributed by atoms with van der Waals surface area (Å²) >= 11 is 0. The molecule has 1 aromatic rings. The Kier molecular flexibility index (Phi) is 9.94. The number of alkyl carbamates (subject to hydrolysis) is 1. The first-order chi connectivity index (χ1) is 11.9. The fourth-order valence-electron chi connectivity index (χ4n) is 2.25. The molecule has 26 heavy (non-hydrogen) atoms. The van der Waals surface area contributed by atoms with Gasteiger partial charge in [-0.25, -0.2) is 4.79 Å². The highest BCUT2D eigenvalue weighted by Gasteiger charge is 2.26. The van der Waals surface area contributed by atoms with Crippen LogP contribution in [-0.4, -0.2) is 43.3 Å². The molecule has 0 spiro atoms. The molecule has 0 aromatic heterocycles. The minimum atomic E-state index is -0.576. The third-order valence-electron chi connectivity index (χ3n) is 3.23. The zero-order valence-corrected chi connectivity index (χ0v) is 17.0. The molecule has 0 fully saturated rings. The summed E-state index contributed by atoms with van der Waals surface area (Å²) in [4.78, 5) is 23.2. The second-order valence-corrected chi connectivity index (χ2v) is 7.93. The van der Waals surface area contributed by atoms with E-state index >= 15 is 0 Å². The number of hydrogen-bond acceptors (Lipinski definition) is 5. The molecule has 1 unspecified atom stereocenters. The fourth-order valence-corrected chi connectivity index (χ4v) is 2.25. The highest BCUT2D eigenvalue weighted by molar-refractivity contribution is 5.68. The lowest BCUT2D eigenvalue weighted by molar-refractivity contribution is -0.115. The molecule has 6 heteroatoms. The van der Waals surface area contributed by atoms with E-state index in [9.17, 15) is 14.7 Å². The van der Waals surface area contributed by atoms with Gasteiger partial charge >= 0.3 is 6.09 Å². The molecule has 1 atom stereocenters. The maximum absolute atomic E-state index is 12.0. The molecule has 148 valence electrons. The van der Waals surface area contributed by atoms with Crippen molar-refractivity contribution >= 4 is 12.4 Å². The number of ether oxygens (including phenoxy) is 2. The van der Waals surface area contributed by atoms with Crippen LogP contribution in [0, 0.1) is 5.41 Å². The number of phenols is 1. The number of nitrogens with one attached hydrogen (secondary N) is 1. The Morgan fingerprint density at radius 1 is 1.15 bits per heavy atom. The second kappa shape index (κ2) is 10.8. The van der Waals surface area contributed by atoms with Gasteiger partial charge in [0.05, 0.1) is 0 Å². The van der Waals surface area contributed by atoms with Crippen molar-refractivity contribution in [2.24, 2.45) is 5.41 Å². The molecule has 0 saturated heterocycles. The lowest BCUT2D eigenvalue weighted by atomic mass is 9.85. The molecule has 1 aromatic carbocycles. The number of hydrogen-bond donors (Lipinski definition) is 2. The lowest BCUT2D eigenvalue weighted by Crippen LogP contribution is -2.42. The van der Waals surface area contributed by atoms with Crippen LogP contribution in [0.4, 0.5) is 4.79 Å². The van der Waals surface area contributed by atoms with Crippen LogP contribution in [0.25, 0.3) is 0 Å². The molecule has 0 radical (unpaired) electrons. The summed E-state index contributed by atoms with van der Waals surface area (Å²) in [5.41, 5.74) is -0.158. The first-order valence-electron chi connectivity index (χ1n) is 8.56. The SMILES string of the molecule is CC(C)(C=O)CC(Cc1ccc(O)cc1)NC(=O)OC(C)(C)C.COC. The van der Waals surface area contributed by atoms with E-state index in [-0.39, 0.29) is 11.8 Å². The van der Waals surface area contributed by atoms with Crippen molar-refractivity contribution in [1.29, 1.82) is 0 Å². The minimum Gasteiger partial charge on any atom is -0.508 e. The Morgan fingerprint density at radius 2 is 1.65 bits per heavy atom. The lowest BCUT2D eigenvalue weighted by Gasteiger charge is -2.27. The summed E-state index contributed by atoms with van der Waals surface area (Å²) in [5.74, 6) is 0.193. The maximum atomic E-state index is 12.0. The zero-order chi connectivity index (χ0) is 20.4. The summed E-state index contributed by atoms with van der Waals surface area (Å²) < 4.78 is 9.54. The van der Waals surface area contributed by atoms with Crippen LogP contribution >= 0.6 is 0 Å². The highest BCUT2D eigenvalue weighted by atomic mass is 16.6. The average Bonchev–Trinajstić information content (AvgIpc) is 2.48. The summed E-state index contributed by atoms with van der Waals surface area (Å²) in [5, 5.41) is 12.2. The quantitative estimate of drug-likeness (QED) is 0.749. The van der Waals surface area contributed by atoms with E-state index < -0.39 is 17.1 Å². The van der Waals surface area contributed by atoms with E-state index in [2.05, 4.69) is 10.1 Å². The van der Waals surface area contributed by atoms with Gasteiger partial charge in [0.15, 0.2) is 0 Å². The number of carbonyl (C=O) groups excluding carboxylic acids is 2. The van der Waals surface area contributed by atoms with E-state index in [1.54, 1.807) is 59.3 Å². The summed E-state index contributed by atoms with van der Waals surface area (Å²) in [6, 6.07) is 6.56. The second-order valence-electron chi connectivity index (χ2n) is 7.93. The smallest absolute Gasteiger partial charge is 0.407 e. The van der Waals surface area contributed by atoms with Gasteiger partial charge in [0.25, 0.3) is 0 Å². The van der Waals surface area contributed by atoms with Crippen molar-refractivity contribution in [1.82, 2.24) is 5.32 Å². The first kappa shape index (κ1) is 23.9. The molecular formula is C20H33NO5. The Balaban J connectivity index is 0.00000194. The van der Waals surface area contributed by atoms with Crippen LogP contribution in [0.5, 0.6) is 5.75 Å². The predicted molar refractivity (Wildman–Crippen MR) is 102 cm³/mol. The van der Waals surface area contributed by atoms with Crippen molar-refractivity contribution in [3.05, 3.63) is 29.8 Å². The minimum absolute atomic E-state index is 0.193. The molecular weight excluding hydrogens is 334 g/mol. The average molecular weight is 367 g/mol. The Labute approximate surface area is 156 Å². The molecule has 0 bridgehead atoms. The standard InChI is InChI=1S/C18H27NO4.C2H6O/c1-17(2,3)23-16(22)19-14(11-18(4,5)12-20)10-13-6-8-15(21)9-7-13;1-3-2/h6-9,12,14,21H,10-11H2,1-5H3,(H,19,22);1-2H3. The van der Waals surface area contributed by atoms with E-state index in [4.69, 9.17) is 4.74 Å². The van der Waals surface area contributed by atoms with Crippen LogP contribution in [-0.2, 0) is 20.7 Å².